The molecule has 0 unspecified atom stereocenters. The van der Waals surface area contributed by atoms with Crippen LogP contribution in [0.5, 0.6) is 0 Å². The van der Waals surface area contributed by atoms with Gasteiger partial charge in [0, 0.05) is 23.7 Å². The van der Waals surface area contributed by atoms with Crippen molar-refractivity contribution in [2.75, 3.05) is 24.7 Å². The number of nitrogens with zero attached hydrogens (tertiary/aromatic N) is 5. The minimum atomic E-state index is 0.0468. The fourth-order valence-electron chi connectivity index (χ4n) is 2.53. The second-order valence-corrected chi connectivity index (χ2v) is 8.23. The Labute approximate surface area is 182 Å². The van der Waals surface area contributed by atoms with E-state index in [4.69, 9.17) is 21.9 Å². The van der Waals surface area contributed by atoms with Crippen molar-refractivity contribution in [3.05, 3.63) is 41.4 Å². The quantitative estimate of drug-likeness (QED) is 0.388. The topological polar surface area (TPSA) is 103 Å². The first kappa shape index (κ1) is 21.5. The summed E-state index contributed by atoms with van der Waals surface area (Å²) in [5.41, 5.74) is 0.861. The third kappa shape index (κ3) is 5.46. The Morgan fingerprint density at radius 1 is 1.24 bits per heavy atom. The van der Waals surface area contributed by atoms with E-state index in [0.717, 1.165) is 5.56 Å². The molecule has 2 heterocycles. The Balaban J connectivity index is 1.57. The zero-order chi connectivity index (χ0) is 20.8. The maximum absolute atomic E-state index is 12.1. The summed E-state index contributed by atoms with van der Waals surface area (Å²) >= 11 is 8.64. The average Bonchev–Trinajstić information content (AvgIpc) is 3.32. The molecule has 0 atom stereocenters. The molecule has 1 aromatic carbocycles. The first-order valence-corrected chi connectivity index (χ1v) is 11.3. The number of nitrogen functional groups attached to an aromatic ring is 1. The minimum Gasteiger partial charge on any atom is -0.440 e. The van der Waals surface area contributed by atoms with Gasteiger partial charge in [0.2, 0.25) is 22.1 Å². The Morgan fingerprint density at radius 2 is 1.97 bits per heavy atom. The number of hydrogen-bond acceptors (Lipinski definition) is 8. The number of aromatic nitrogens is 4. The maximum atomic E-state index is 12.1. The van der Waals surface area contributed by atoms with Gasteiger partial charge in [-0.05, 0) is 26.0 Å². The van der Waals surface area contributed by atoms with Gasteiger partial charge in [-0.1, -0.05) is 47.3 Å². The molecule has 0 fully saturated rings. The van der Waals surface area contributed by atoms with Crippen LogP contribution in [0.15, 0.2) is 45.2 Å². The highest BCUT2D eigenvalue weighted by Gasteiger charge is 2.16. The highest BCUT2D eigenvalue weighted by Crippen LogP contribution is 2.27. The van der Waals surface area contributed by atoms with Gasteiger partial charge in [-0.3, -0.25) is 4.79 Å². The molecule has 2 aromatic heterocycles. The van der Waals surface area contributed by atoms with Crippen molar-refractivity contribution < 1.29 is 9.21 Å². The zero-order valence-corrected chi connectivity index (χ0v) is 18.4. The SMILES string of the molecule is CCN(CC)C(=O)CSc1nnc(SCc2ncc(-c3cccc(Cl)c3)o2)n1N. The van der Waals surface area contributed by atoms with Crippen LogP contribution < -0.4 is 5.84 Å². The van der Waals surface area contributed by atoms with Gasteiger partial charge in [0.15, 0.2) is 5.76 Å². The molecule has 3 aromatic rings. The number of carbonyl (C=O) groups excluding carboxylic acids is 1. The van der Waals surface area contributed by atoms with Gasteiger partial charge in [-0.25, -0.2) is 9.66 Å². The van der Waals surface area contributed by atoms with Crippen LogP contribution in [0.2, 0.25) is 5.02 Å². The van der Waals surface area contributed by atoms with Crippen molar-refractivity contribution in [2.45, 2.75) is 29.9 Å². The van der Waals surface area contributed by atoms with Crippen molar-refractivity contribution in [1.82, 2.24) is 24.8 Å². The van der Waals surface area contributed by atoms with Crippen molar-refractivity contribution in [3.8, 4) is 11.3 Å². The van der Waals surface area contributed by atoms with Gasteiger partial charge in [0.1, 0.15) is 0 Å². The smallest absolute Gasteiger partial charge is 0.233 e. The van der Waals surface area contributed by atoms with Crippen LogP contribution in [0.4, 0.5) is 0 Å². The van der Waals surface area contributed by atoms with E-state index in [1.165, 1.54) is 28.2 Å². The molecule has 0 saturated carbocycles. The van der Waals surface area contributed by atoms with Crippen molar-refractivity contribution in [3.63, 3.8) is 0 Å². The number of oxazole rings is 1. The fourth-order valence-corrected chi connectivity index (χ4v) is 4.25. The molecular formula is C18H21ClN6O2S2. The predicted octanol–water partition coefficient (Wildman–Crippen LogP) is 3.55. The van der Waals surface area contributed by atoms with Gasteiger partial charge in [0.05, 0.1) is 17.7 Å². The molecule has 0 bridgehead atoms. The molecule has 3 rings (SSSR count). The first-order chi connectivity index (χ1) is 14.0. The molecule has 1 amide bonds. The summed E-state index contributed by atoms with van der Waals surface area (Å²) in [6.07, 6.45) is 1.66. The van der Waals surface area contributed by atoms with Crippen LogP contribution in [0.3, 0.4) is 0 Å². The van der Waals surface area contributed by atoms with Crippen LogP contribution in [0.25, 0.3) is 11.3 Å². The number of carbonyl (C=O) groups is 1. The van der Waals surface area contributed by atoms with Gasteiger partial charge in [0.25, 0.3) is 0 Å². The summed E-state index contributed by atoms with van der Waals surface area (Å²) in [6.45, 7) is 5.26. The maximum Gasteiger partial charge on any atom is 0.233 e. The Bertz CT molecular complexity index is 973. The molecule has 2 N–H and O–H groups in total. The van der Waals surface area contributed by atoms with Gasteiger partial charge in [-0.15, -0.1) is 10.2 Å². The summed E-state index contributed by atoms with van der Waals surface area (Å²) in [4.78, 5) is 18.2. The molecule has 0 saturated heterocycles. The largest absolute Gasteiger partial charge is 0.440 e. The summed E-state index contributed by atoms with van der Waals surface area (Å²) in [5, 5.41) is 9.80. The molecule has 11 heteroatoms. The molecule has 0 radical (unpaired) electrons. The molecule has 0 aliphatic carbocycles. The molecule has 8 nitrogen and oxygen atoms in total. The Kier molecular flexibility index (Phi) is 7.45. The number of rotatable bonds is 9. The Hall–Kier alpha value is -2.17. The van der Waals surface area contributed by atoms with Gasteiger partial charge >= 0.3 is 0 Å². The monoisotopic (exact) mass is 452 g/mol. The standard InChI is InChI=1S/C18H21ClN6O2S2/c1-3-24(4-2)16(26)11-29-18-23-22-17(25(18)20)28-10-15-21-9-14(27-15)12-6-5-7-13(19)8-12/h5-9H,3-4,10-11,20H2,1-2H3. The molecule has 154 valence electrons. The lowest BCUT2D eigenvalue weighted by Gasteiger charge is -2.17. The van der Waals surface area contributed by atoms with E-state index in [1.807, 2.05) is 32.0 Å². The summed E-state index contributed by atoms with van der Waals surface area (Å²) in [7, 11) is 0. The van der Waals surface area contributed by atoms with Crippen molar-refractivity contribution >= 4 is 41.0 Å². The minimum absolute atomic E-state index is 0.0468. The third-order valence-electron chi connectivity index (χ3n) is 4.06. The lowest BCUT2D eigenvalue weighted by Crippen LogP contribution is -2.32. The number of nitrogens with two attached hydrogens (primary N) is 1. The fraction of sp³-hybridized carbons (Fsp3) is 0.333. The number of halogens is 1. The van der Waals surface area contributed by atoms with E-state index in [9.17, 15) is 4.79 Å². The number of hydrogen-bond donors (Lipinski definition) is 1. The van der Waals surface area contributed by atoms with Crippen LogP contribution >= 0.6 is 35.1 Å². The van der Waals surface area contributed by atoms with Crippen LogP contribution in [-0.2, 0) is 10.5 Å². The number of benzene rings is 1. The van der Waals surface area contributed by atoms with E-state index in [-0.39, 0.29) is 11.7 Å². The van der Waals surface area contributed by atoms with Crippen molar-refractivity contribution in [1.29, 1.82) is 0 Å². The molecular weight excluding hydrogens is 432 g/mol. The highest BCUT2D eigenvalue weighted by molar-refractivity contribution is 8.00. The zero-order valence-electron chi connectivity index (χ0n) is 16.0. The van der Waals surface area contributed by atoms with Crippen LogP contribution in [0.1, 0.15) is 19.7 Å². The van der Waals surface area contributed by atoms with E-state index < -0.39 is 0 Å². The predicted molar refractivity (Wildman–Crippen MR) is 115 cm³/mol. The molecule has 0 aliphatic heterocycles. The lowest BCUT2D eigenvalue weighted by molar-refractivity contribution is -0.127. The summed E-state index contributed by atoms with van der Waals surface area (Å²) < 4.78 is 7.16. The molecule has 29 heavy (non-hydrogen) atoms. The average molecular weight is 453 g/mol. The van der Waals surface area contributed by atoms with Crippen molar-refractivity contribution in [2.24, 2.45) is 0 Å². The first-order valence-electron chi connectivity index (χ1n) is 8.96. The third-order valence-corrected chi connectivity index (χ3v) is 6.15. The summed E-state index contributed by atoms with van der Waals surface area (Å²) in [5.74, 6) is 8.01. The number of amides is 1. The van der Waals surface area contributed by atoms with E-state index >= 15 is 0 Å². The van der Waals surface area contributed by atoms with E-state index in [0.29, 0.717) is 45.8 Å². The Morgan fingerprint density at radius 3 is 2.66 bits per heavy atom. The van der Waals surface area contributed by atoms with Gasteiger partial charge < -0.3 is 15.2 Å². The second-order valence-electron chi connectivity index (χ2n) is 5.91. The number of thioether (sulfide) groups is 2. The van der Waals surface area contributed by atoms with E-state index in [2.05, 4.69) is 15.2 Å². The normalized spacial score (nSPS) is 11.0. The molecule has 0 spiro atoms. The second kappa shape index (κ2) is 10.0. The van der Waals surface area contributed by atoms with E-state index in [1.54, 1.807) is 17.2 Å². The lowest BCUT2D eigenvalue weighted by atomic mass is 10.2. The van der Waals surface area contributed by atoms with Crippen LogP contribution in [-0.4, -0.2) is 49.5 Å². The van der Waals surface area contributed by atoms with Gasteiger partial charge in [-0.2, -0.15) is 0 Å². The summed E-state index contributed by atoms with van der Waals surface area (Å²) in [6, 6.07) is 7.38. The highest BCUT2D eigenvalue weighted by atomic mass is 35.5. The van der Waals surface area contributed by atoms with Crippen LogP contribution in [0, 0.1) is 0 Å². The molecule has 0 aliphatic rings.